The molecule has 118 valence electrons. The van der Waals surface area contributed by atoms with Crippen molar-refractivity contribution in [3.05, 3.63) is 38.9 Å². The number of non-ortho nitro benzene ring substituents is 1. The van der Waals surface area contributed by atoms with Crippen LogP contribution in [0.5, 0.6) is 0 Å². The summed E-state index contributed by atoms with van der Waals surface area (Å²) < 4.78 is 6.68. The standard InChI is InChI=1S/C15H19N3O4/c19-15-17(10-4-9-16-7-2-1-3-8-16)13-6-5-12(18(20)21)11-14(13)22-15/h5-6,11H,1-4,7-10H2. The van der Waals surface area contributed by atoms with E-state index in [9.17, 15) is 14.9 Å². The second-order valence-corrected chi connectivity index (χ2v) is 5.68. The van der Waals surface area contributed by atoms with Gasteiger partial charge >= 0.3 is 5.76 Å². The summed E-state index contributed by atoms with van der Waals surface area (Å²) in [4.78, 5) is 24.6. The highest BCUT2D eigenvalue weighted by Gasteiger charge is 2.15. The first-order valence-corrected chi connectivity index (χ1v) is 7.65. The molecule has 7 heteroatoms. The van der Waals surface area contributed by atoms with Crippen LogP contribution in [0.25, 0.3) is 11.1 Å². The van der Waals surface area contributed by atoms with Crippen molar-refractivity contribution >= 4 is 16.8 Å². The fourth-order valence-corrected chi connectivity index (χ4v) is 3.02. The molecule has 1 aliphatic rings. The summed E-state index contributed by atoms with van der Waals surface area (Å²) in [5.74, 6) is -0.450. The SMILES string of the molecule is O=c1oc2cc([N+](=O)[O-])ccc2n1CCCN1CCCCC1. The van der Waals surface area contributed by atoms with Crippen molar-refractivity contribution < 1.29 is 9.34 Å². The summed E-state index contributed by atoms with van der Waals surface area (Å²) in [5.41, 5.74) is 0.827. The third kappa shape index (κ3) is 3.04. The molecule has 0 amide bonds. The number of benzene rings is 1. The Labute approximate surface area is 127 Å². The second kappa shape index (κ2) is 6.31. The van der Waals surface area contributed by atoms with Crippen molar-refractivity contribution in [2.45, 2.75) is 32.2 Å². The van der Waals surface area contributed by atoms with Crippen LogP contribution in [-0.4, -0.2) is 34.0 Å². The van der Waals surface area contributed by atoms with Crippen LogP contribution in [0.3, 0.4) is 0 Å². The van der Waals surface area contributed by atoms with E-state index in [0.717, 1.165) is 26.1 Å². The zero-order chi connectivity index (χ0) is 15.5. The van der Waals surface area contributed by atoms with E-state index in [1.54, 1.807) is 10.6 Å². The lowest BCUT2D eigenvalue weighted by Gasteiger charge is -2.26. The first-order chi connectivity index (χ1) is 10.6. The van der Waals surface area contributed by atoms with Crippen molar-refractivity contribution in [1.29, 1.82) is 0 Å². The van der Waals surface area contributed by atoms with Crippen molar-refractivity contribution in [3.8, 4) is 0 Å². The van der Waals surface area contributed by atoms with Gasteiger partial charge in [-0.3, -0.25) is 14.7 Å². The fourth-order valence-electron chi connectivity index (χ4n) is 3.02. The predicted octanol–water partition coefficient (Wildman–Crippen LogP) is 2.38. The third-order valence-electron chi connectivity index (χ3n) is 4.17. The molecule has 1 aromatic heterocycles. The molecule has 0 unspecified atom stereocenters. The Morgan fingerprint density at radius 1 is 1.18 bits per heavy atom. The van der Waals surface area contributed by atoms with E-state index in [4.69, 9.17) is 4.42 Å². The molecule has 0 atom stereocenters. The highest BCUT2D eigenvalue weighted by Crippen LogP contribution is 2.20. The van der Waals surface area contributed by atoms with Gasteiger partial charge in [0.25, 0.3) is 5.69 Å². The van der Waals surface area contributed by atoms with Gasteiger partial charge in [0.2, 0.25) is 0 Å². The topological polar surface area (TPSA) is 81.5 Å². The number of nitro groups is 1. The Bertz CT molecular complexity index is 728. The van der Waals surface area contributed by atoms with E-state index in [2.05, 4.69) is 4.90 Å². The number of oxazole rings is 1. The molecule has 0 spiro atoms. The molecule has 0 N–H and O–H groups in total. The van der Waals surface area contributed by atoms with Crippen LogP contribution in [0.15, 0.2) is 27.4 Å². The van der Waals surface area contributed by atoms with E-state index in [0.29, 0.717) is 12.1 Å². The molecule has 2 aromatic rings. The summed E-state index contributed by atoms with van der Waals surface area (Å²) in [6.07, 6.45) is 4.67. The third-order valence-corrected chi connectivity index (χ3v) is 4.17. The smallest absolute Gasteiger partial charge is 0.407 e. The molecule has 3 rings (SSSR count). The lowest BCUT2D eigenvalue weighted by Crippen LogP contribution is -2.31. The number of piperidine rings is 1. The number of nitro benzene ring substituents is 1. The van der Waals surface area contributed by atoms with E-state index < -0.39 is 10.7 Å². The summed E-state index contributed by atoms with van der Waals surface area (Å²) in [5, 5.41) is 10.8. The number of aryl methyl sites for hydroxylation is 1. The molecule has 0 radical (unpaired) electrons. The van der Waals surface area contributed by atoms with Gasteiger partial charge in [0.05, 0.1) is 16.5 Å². The minimum absolute atomic E-state index is 0.0679. The Morgan fingerprint density at radius 3 is 2.68 bits per heavy atom. The van der Waals surface area contributed by atoms with Crippen molar-refractivity contribution in [2.24, 2.45) is 0 Å². The molecule has 0 saturated carbocycles. The molecule has 1 fully saturated rings. The second-order valence-electron chi connectivity index (χ2n) is 5.68. The maximum atomic E-state index is 11.9. The number of rotatable bonds is 5. The minimum Gasteiger partial charge on any atom is -0.407 e. The monoisotopic (exact) mass is 305 g/mol. The Hall–Kier alpha value is -2.15. The van der Waals surface area contributed by atoms with Crippen molar-refractivity contribution in [1.82, 2.24) is 9.47 Å². The Kier molecular flexibility index (Phi) is 4.24. The van der Waals surface area contributed by atoms with Gasteiger partial charge in [-0.15, -0.1) is 0 Å². The van der Waals surface area contributed by atoms with Gasteiger partial charge in [-0.1, -0.05) is 6.42 Å². The summed E-state index contributed by atoms with van der Waals surface area (Å²) in [6.45, 7) is 3.80. The van der Waals surface area contributed by atoms with Crippen molar-refractivity contribution in [3.63, 3.8) is 0 Å². The molecule has 7 nitrogen and oxygen atoms in total. The van der Waals surface area contributed by atoms with Gasteiger partial charge in [-0.2, -0.15) is 0 Å². The number of fused-ring (bicyclic) bond motifs is 1. The molecule has 1 saturated heterocycles. The lowest BCUT2D eigenvalue weighted by molar-refractivity contribution is -0.384. The Balaban J connectivity index is 1.71. The van der Waals surface area contributed by atoms with E-state index in [1.165, 1.54) is 31.4 Å². The number of hydrogen-bond donors (Lipinski definition) is 0. The van der Waals surface area contributed by atoms with Crippen LogP contribution in [-0.2, 0) is 6.54 Å². The van der Waals surface area contributed by atoms with Gasteiger partial charge in [-0.25, -0.2) is 4.79 Å². The van der Waals surface area contributed by atoms with E-state index in [-0.39, 0.29) is 11.3 Å². The first-order valence-electron chi connectivity index (χ1n) is 7.65. The zero-order valence-corrected chi connectivity index (χ0v) is 12.4. The summed E-state index contributed by atoms with van der Waals surface area (Å²) in [6, 6.07) is 4.29. The first kappa shape index (κ1) is 14.8. The molecule has 2 heterocycles. The Morgan fingerprint density at radius 2 is 1.95 bits per heavy atom. The average molecular weight is 305 g/mol. The summed E-state index contributed by atoms with van der Waals surface area (Å²) >= 11 is 0. The predicted molar refractivity (Wildman–Crippen MR) is 82.0 cm³/mol. The van der Waals surface area contributed by atoms with Gasteiger partial charge in [0, 0.05) is 12.6 Å². The molecule has 1 aromatic carbocycles. The van der Waals surface area contributed by atoms with E-state index >= 15 is 0 Å². The van der Waals surface area contributed by atoms with Crippen LogP contribution in [0, 0.1) is 10.1 Å². The maximum absolute atomic E-state index is 11.9. The fraction of sp³-hybridized carbons (Fsp3) is 0.533. The highest BCUT2D eigenvalue weighted by atomic mass is 16.6. The number of likely N-dealkylation sites (tertiary alicyclic amines) is 1. The van der Waals surface area contributed by atoms with Gasteiger partial charge in [0.1, 0.15) is 0 Å². The van der Waals surface area contributed by atoms with Gasteiger partial charge in [0.15, 0.2) is 5.58 Å². The molecule has 0 bridgehead atoms. The molecular formula is C15H19N3O4. The van der Waals surface area contributed by atoms with Crippen LogP contribution in [0.4, 0.5) is 5.69 Å². The van der Waals surface area contributed by atoms with Crippen LogP contribution in [0.2, 0.25) is 0 Å². The van der Waals surface area contributed by atoms with E-state index in [1.807, 2.05) is 0 Å². The van der Waals surface area contributed by atoms with Gasteiger partial charge < -0.3 is 9.32 Å². The number of aromatic nitrogens is 1. The molecular weight excluding hydrogens is 286 g/mol. The highest BCUT2D eigenvalue weighted by molar-refractivity contribution is 5.75. The molecule has 1 aliphatic heterocycles. The van der Waals surface area contributed by atoms with Gasteiger partial charge in [-0.05, 0) is 45.0 Å². The average Bonchev–Trinajstić information content (AvgIpc) is 2.83. The quantitative estimate of drug-likeness (QED) is 0.625. The number of hydrogen-bond acceptors (Lipinski definition) is 5. The lowest BCUT2D eigenvalue weighted by atomic mass is 10.1. The normalized spacial score (nSPS) is 16.2. The van der Waals surface area contributed by atoms with Crippen LogP contribution < -0.4 is 5.76 Å². The molecule has 0 aliphatic carbocycles. The molecule has 22 heavy (non-hydrogen) atoms. The zero-order valence-electron chi connectivity index (χ0n) is 12.4. The number of nitrogens with zero attached hydrogens (tertiary/aromatic N) is 3. The van der Waals surface area contributed by atoms with Crippen LogP contribution in [0.1, 0.15) is 25.7 Å². The minimum atomic E-state index is -0.493. The van der Waals surface area contributed by atoms with Crippen molar-refractivity contribution in [2.75, 3.05) is 19.6 Å². The van der Waals surface area contributed by atoms with Crippen LogP contribution >= 0.6 is 0 Å². The maximum Gasteiger partial charge on any atom is 0.419 e. The summed E-state index contributed by atoms with van der Waals surface area (Å²) in [7, 11) is 0. The largest absolute Gasteiger partial charge is 0.419 e.